The van der Waals surface area contributed by atoms with Gasteiger partial charge in [0.1, 0.15) is 10.8 Å². The van der Waals surface area contributed by atoms with Crippen molar-refractivity contribution in [3.8, 4) is 16.2 Å². The quantitative estimate of drug-likeness (QED) is 0.368. The summed E-state index contributed by atoms with van der Waals surface area (Å²) in [5.74, 6) is 0.421. The topological polar surface area (TPSA) is 59.6 Å². The summed E-state index contributed by atoms with van der Waals surface area (Å²) in [6.07, 6.45) is 0. The largest absolute Gasteiger partial charge is 0.494 e. The van der Waals surface area contributed by atoms with Crippen molar-refractivity contribution in [2.24, 2.45) is 0 Å². The molecular formula is C22H22N2O3S2. The molecule has 1 heterocycles. The Morgan fingerprint density at radius 1 is 1.00 bits per heavy atom. The minimum atomic E-state index is -0.378. The van der Waals surface area contributed by atoms with Crippen LogP contribution in [0.5, 0.6) is 5.75 Å². The molecule has 0 saturated heterocycles. The Hall–Kier alpha value is -2.90. The van der Waals surface area contributed by atoms with Crippen molar-refractivity contribution in [2.45, 2.75) is 13.8 Å². The molecule has 0 spiro atoms. The minimum Gasteiger partial charge on any atom is -0.494 e. The van der Waals surface area contributed by atoms with Gasteiger partial charge < -0.3 is 20.1 Å². The fourth-order valence-corrected chi connectivity index (χ4v) is 4.00. The molecule has 1 aromatic heterocycles. The van der Waals surface area contributed by atoms with E-state index in [-0.39, 0.29) is 5.97 Å². The number of hydrogen-bond donors (Lipinski definition) is 2. The number of nitrogens with one attached hydrogen (secondary N) is 2. The van der Waals surface area contributed by atoms with E-state index in [9.17, 15) is 4.79 Å². The van der Waals surface area contributed by atoms with Gasteiger partial charge in [0.2, 0.25) is 0 Å². The standard InChI is InChI=1S/C22H22N2O3S2/c1-3-26-17-12-10-16(11-13-17)23-22(28)24-20-18(21(25)27-4-2)14-19(29-20)15-8-6-5-7-9-15/h5-14H,3-4H2,1-2H3,(H2,23,24,28). The van der Waals surface area contributed by atoms with Gasteiger partial charge in [-0.3, -0.25) is 0 Å². The Bertz CT molecular complexity index is 969. The molecule has 0 fully saturated rings. The zero-order valence-electron chi connectivity index (χ0n) is 16.2. The van der Waals surface area contributed by atoms with Crippen molar-refractivity contribution in [3.05, 3.63) is 66.2 Å². The first-order valence-corrected chi connectivity index (χ1v) is 10.5. The predicted molar refractivity (Wildman–Crippen MR) is 123 cm³/mol. The SMILES string of the molecule is CCOC(=O)c1cc(-c2ccccc2)sc1NC(=S)Nc1ccc(OCC)cc1. The third kappa shape index (κ3) is 5.56. The molecule has 0 saturated carbocycles. The van der Waals surface area contributed by atoms with E-state index in [1.165, 1.54) is 11.3 Å². The van der Waals surface area contributed by atoms with Crippen LogP contribution in [0.25, 0.3) is 10.4 Å². The fraction of sp³-hybridized carbons (Fsp3) is 0.182. The summed E-state index contributed by atoms with van der Waals surface area (Å²) in [7, 11) is 0. The maximum Gasteiger partial charge on any atom is 0.341 e. The number of rotatable bonds is 7. The minimum absolute atomic E-state index is 0.309. The lowest BCUT2D eigenvalue weighted by molar-refractivity contribution is 0.0528. The molecule has 2 N–H and O–H groups in total. The summed E-state index contributed by atoms with van der Waals surface area (Å²) in [4.78, 5) is 13.4. The van der Waals surface area contributed by atoms with E-state index in [4.69, 9.17) is 21.7 Å². The molecule has 7 heteroatoms. The van der Waals surface area contributed by atoms with Crippen LogP contribution in [-0.4, -0.2) is 24.3 Å². The van der Waals surface area contributed by atoms with E-state index in [1.807, 2.05) is 67.6 Å². The molecule has 0 atom stereocenters. The molecule has 3 aromatic rings. The average Bonchev–Trinajstić information content (AvgIpc) is 3.14. The zero-order valence-corrected chi connectivity index (χ0v) is 17.9. The van der Waals surface area contributed by atoms with Crippen LogP contribution in [0.2, 0.25) is 0 Å². The third-order valence-electron chi connectivity index (χ3n) is 3.94. The highest BCUT2D eigenvalue weighted by Crippen LogP contribution is 2.36. The van der Waals surface area contributed by atoms with Crippen molar-refractivity contribution >= 4 is 45.3 Å². The van der Waals surface area contributed by atoms with Crippen molar-refractivity contribution < 1.29 is 14.3 Å². The summed E-state index contributed by atoms with van der Waals surface area (Å²) < 4.78 is 10.6. The highest BCUT2D eigenvalue weighted by molar-refractivity contribution is 7.80. The molecule has 0 aliphatic heterocycles. The maximum absolute atomic E-state index is 12.4. The van der Waals surface area contributed by atoms with Crippen LogP contribution in [0, 0.1) is 0 Å². The number of carbonyl (C=O) groups is 1. The van der Waals surface area contributed by atoms with Gasteiger partial charge in [-0.25, -0.2) is 4.79 Å². The lowest BCUT2D eigenvalue weighted by Crippen LogP contribution is -2.20. The molecule has 0 radical (unpaired) electrons. The lowest BCUT2D eigenvalue weighted by atomic mass is 10.1. The van der Waals surface area contributed by atoms with Gasteiger partial charge in [-0.15, -0.1) is 11.3 Å². The second kappa shape index (κ2) is 10.0. The Labute approximate surface area is 179 Å². The van der Waals surface area contributed by atoms with Gasteiger partial charge in [-0.2, -0.15) is 0 Å². The second-order valence-corrected chi connectivity index (χ2v) is 7.44. The van der Waals surface area contributed by atoms with Gasteiger partial charge in [0, 0.05) is 10.6 Å². The van der Waals surface area contributed by atoms with Crippen molar-refractivity contribution in [2.75, 3.05) is 23.8 Å². The van der Waals surface area contributed by atoms with Crippen molar-refractivity contribution in [1.82, 2.24) is 0 Å². The molecule has 0 bridgehead atoms. The summed E-state index contributed by atoms with van der Waals surface area (Å²) in [5.41, 5.74) is 2.32. The molecule has 0 aliphatic carbocycles. The first-order chi connectivity index (χ1) is 14.1. The number of hydrogen-bond acceptors (Lipinski definition) is 5. The number of esters is 1. The van der Waals surface area contributed by atoms with Crippen LogP contribution < -0.4 is 15.4 Å². The summed E-state index contributed by atoms with van der Waals surface area (Å²) in [6.45, 7) is 4.65. The van der Waals surface area contributed by atoms with Crippen molar-refractivity contribution in [3.63, 3.8) is 0 Å². The molecule has 5 nitrogen and oxygen atoms in total. The maximum atomic E-state index is 12.4. The summed E-state index contributed by atoms with van der Waals surface area (Å²) in [5, 5.41) is 7.30. The molecule has 0 unspecified atom stereocenters. The molecular weight excluding hydrogens is 404 g/mol. The van der Waals surface area contributed by atoms with Crippen LogP contribution in [0.1, 0.15) is 24.2 Å². The summed E-state index contributed by atoms with van der Waals surface area (Å²) in [6, 6.07) is 19.2. The van der Waals surface area contributed by atoms with E-state index in [1.54, 1.807) is 6.92 Å². The van der Waals surface area contributed by atoms with E-state index < -0.39 is 0 Å². The monoisotopic (exact) mass is 426 g/mol. The Morgan fingerprint density at radius 3 is 2.38 bits per heavy atom. The number of carbonyl (C=O) groups excluding carboxylic acids is 1. The molecule has 2 aromatic carbocycles. The molecule has 0 amide bonds. The third-order valence-corrected chi connectivity index (χ3v) is 5.24. The lowest BCUT2D eigenvalue weighted by Gasteiger charge is -2.11. The average molecular weight is 427 g/mol. The fourth-order valence-electron chi connectivity index (χ4n) is 2.66. The molecule has 3 rings (SSSR count). The number of ether oxygens (including phenoxy) is 2. The number of anilines is 2. The highest BCUT2D eigenvalue weighted by atomic mass is 32.1. The van der Waals surface area contributed by atoms with Gasteiger partial charge >= 0.3 is 5.97 Å². The predicted octanol–water partition coefficient (Wildman–Crippen LogP) is 5.80. The van der Waals surface area contributed by atoms with Crippen LogP contribution in [0.4, 0.5) is 10.7 Å². The first-order valence-electron chi connectivity index (χ1n) is 9.28. The van der Waals surface area contributed by atoms with Gasteiger partial charge in [0.25, 0.3) is 0 Å². The van der Waals surface area contributed by atoms with Gasteiger partial charge in [-0.1, -0.05) is 30.3 Å². The van der Waals surface area contributed by atoms with E-state index >= 15 is 0 Å². The van der Waals surface area contributed by atoms with Crippen LogP contribution in [0.3, 0.4) is 0 Å². The van der Waals surface area contributed by atoms with E-state index in [0.29, 0.717) is 28.9 Å². The van der Waals surface area contributed by atoms with Gasteiger partial charge in [-0.05, 0) is 62.0 Å². The number of thiophene rings is 1. The van der Waals surface area contributed by atoms with E-state index in [0.717, 1.165) is 21.9 Å². The van der Waals surface area contributed by atoms with Gasteiger partial charge in [0.05, 0.1) is 18.8 Å². The Kier molecular flexibility index (Phi) is 7.21. The van der Waals surface area contributed by atoms with E-state index in [2.05, 4.69) is 10.6 Å². The molecule has 0 aliphatic rings. The summed E-state index contributed by atoms with van der Waals surface area (Å²) >= 11 is 6.90. The zero-order chi connectivity index (χ0) is 20.6. The smallest absolute Gasteiger partial charge is 0.341 e. The number of thiocarbonyl (C=S) groups is 1. The van der Waals surface area contributed by atoms with Crippen LogP contribution in [0.15, 0.2) is 60.7 Å². The second-order valence-electron chi connectivity index (χ2n) is 5.98. The molecule has 29 heavy (non-hydrogen) atoms. The van der Waals surface area contributed by atoms with Crippen molar-refractivity contribution in [1.29, 1.82) is 0 Å². The molecule has 150 valence electrons. The Balaban J connectivity index is 1.78. The van der Waals surface area contributed by atoms with Crippen LogP contribution >= 0.6 is 23.6 Å². The van der Waals surface area contributed by atoms with Gasteiger partial charge in [0.15, 0.2) is 5.11 Å². The highest BCUT2D eigenvalue weighted by Gasteiger charge is 2.19. The normalized spacial score (nSPS) is 10.3. The number of benzene rings is 2. The first kappa shape index (κ1) is 20.8. The Morgan fingerprint density at radius 2 is 1.72 bits per heavy atom. The van der Waals surface area contributed by atoms with Crippen LogP contribution in [-0.2, 0) is 4.74 Å².